The van der Waals surface area contributed by atoms with Gasteiger partial charge in [-0.1, -0.05) is 0 Å². The van der Waals surface area contributed by atoms with E-state index in [0.717, 1.165) is 37.6 Å². The number of nitrogens with zero attached hydrogens (tertiary/aromatic N) is 4. The van der Waals surface area contributed by atoms with Crippen molar-refractivity contribution in [1.82, 2.24) is 20.2 Å². The Morgan fingerprint density at radius 1 is 1.33 bits per heavy atom. The van der Waals surface area contributed by atoms with E-state index in [0.29, 0.717) is 11.9 Å². The third-order valence-electron chi connectivity index (χ3n) is 4.94. The molecule has 1 aliphatic heterocycles. The third kappa shape index (κ3) is 3.36. The van der Waals surface area contributed by atoms with E-state index < -0.39 is 0 Å². The fraction of sp³-hybridized carbons (Fsp3) is 0.588. The fourth-order valence-corrected chi connectivity index (χ4v) is 3.29. The monoisotopic (exact) mass is 328 g/mol. The van der Waals surface area contributed by atoms with Crippen molar-refractivity contribution in [3.63, 3.8) is 0 Å². The van der Waals surface area contributed by atoms with Crippen LogP contribution in [0.25, 0.3) is 0 Å². The zero-order chi connectivity index (χ0) is 16.5. The molecule has 128 valence electrons. The first-order valence-corrected chi connectivity index (χ1v) is 8.77. The van der Waals surface area contributed by atoms with Gasteiger partial charge < -0.3 is 15.3 Å². The lowest BCUT2D eigenvalue weighted by Crippen LogP contribution is -2.40. The predicted molar refractivity (Wildman–Crippen MR) is 92.5 cm³/mol. The van der Waals surface area contributed by atoms with Gasteiger partial charge in [-0.3, -0.25) is 5.10 Å². The van der Waals surface area contributed by atoms with Gasteiger partial charge in [0.15, 0.2) is 5.82 Å². The SMILES string of the molecule is CC(O)C1CCCN(c2nccc(Nc3cc(C4CC4)[nH]n3)n2)C1. The lowest BCUT2D eigenvalue weighted by Gasteiger charge is -2.34. The lowest BCUT2D eigenvalue weighted by atomic mass is 9.94. The molecule has 0 bridgehead atoms. The minimum atomic E-state index is -0.293. The maximum absolute atomic E-state index is 9.85. The summed E-state index contributed by atoms with van der Waals surface area (Å²) < 4.78 is 0. The van der Waals surface area contributed by atoms with Crippen molar-refractivity contribution < 1.29 is 5.11 Å². The number of rotatable bonds is 5. The Morgan fingerprint density at radius 3 is 3.00 bits per heavy atom. The van der Waals surface area contributed by atoms with Crippen molar-refractivity contribution in [2.24, 2.45) is 5.92 Å². The number of anilines is 3. The van der Waals surface area contributed by atoms with Crippen LogP contribution in [0.15, 0.2) is 18.3 Å². The molecule has 4 rings (SSSR count). The Balaban J connectivity index is 1.46. The van der Waals surface area contributed by atoms with E-state index in [2.05, 4.69) is 36.4 Å². The van der Waals surface area contributed by atoms with Gasteiger partial charge in [-0.25, -0.2) is 4.98 Å². The molecule has 1 saturated carbocycles. The largest absolute Gasteiger partial charge is 0.393 e. The molecule has 7 heteroatoms. The van der Waals surface area contributed by atoms with E-state index in [1.165, 1.54) is 18.5 Å². The van der Waals surface area contributed by atoms with E-state index in [4.69, 9.17) is 0 Å². The minimum absolute atomic E-state index is 0.284. The molecule has 0 radical (unpaired) electrons. The van der Waals surface area contributed by atoms with Crippen LogP contribution in [0.1, 0.15) is 44.2 Å². The van der Waals surface area contributed by atoms with Crippen molar-refractivity contribution in [3.8, 4) is 0 Å². The summed E-state index contributed by atoms with van der Waals surface area (Å²) >= 11 is 0. The molecule has 2 unspecified atom stereocenters. The molecule has 2 fully saturated rings. The number of hydrogen-bond donors (Lipinski definition) is 3. The second kappa shape index (κ2) is 6.39. The smallest absolute Gasteiger partial charge is 0.227 e. The zero-order valence-electron chi connectivity index (χ0n) is 13.9. The summed E-state index contributed by atoms with van der Waals surface area (Å²) in [6, 6.07) is 3.91. The molecule has 2 aromatic heterocycles. The normalized spacial score (nSPS) is 22.4. The average molecular weight is 328 g/mol. The molecule has 2 aromatic rings. The molecule has 2 aliphatic rings. The maximum atomic E-state index is 9.85. The fourth-order valence-electron chi connectivity index (χ4n) is 3.29. The molecule has 2 atom stereocenters. The van der Waals surface area contributed by atoms with Gasteiger partial charge in [-0.2, -0.15) is 10.1 Å². The van der Waals surface area contributed by atoms with Gasteiger partial charge in [0.25, 0.3) is 0 Å². The number of aromatic amines is 1. The van der Waals surface area contributed by atoms with Crippen molar-refractivity contribution in [3.05, 3.63) is 24.0 Å². The lowest BCUT2D eigenvalue weighted by molar-refractivity contribution is 0.114. The van der Waals surface area contributed by atoms with Crippen LogP contribution in [0.5, 0.6) is 0 Å². The minimum Gasteiger partial charge on any atom is -0.393 e. The van der Waals surface area contributed by atoms with E-state index in [1.54, 1.807) is 6.20 Å². The first-order valence-electron chi connectivity index (χ1n) is 8.77. The van der Waals surface area contributed by atoms with E-state index >= 15 is 0 Å². The van der Waals surface area contributed by atoms with Crippen LogP contribution in [0.3, 0.4) is 0 Å². The van der Waals surface area contributed by atoms with Gasteiger partial charge in [-0.15, -0.1) is 0 Å². The molecular weight excluding hydrogens is 304 g/mol. The topological polar surface area (TPSA) is 90.0 Å². The van der Waals surface area contributed by atoms with Gasteiger partial charge in [0.2, 0.25) is 5.95 Å². The molecule has 0 amide bonds. The summed E-state index contributed by atoms with van der Waals surface area (Å²) in [4.78, 5) is 11.2. The van der Waals surface area contributed by atoms with Crippen LogP contribution >= 0.6 is 0 Å². The number of H-pyrrole nitrogens is 1. The second-order valence-corrected chi connectivity index (χ2v) is 6.94. The summed E-state index contributed by atoms with van der Waals surface area (Å²) in [6.07, 6.45) is 6.09. The Bertz CT molecular complexity index is 696. The summed E-state index contributed by atoms with van der Waals surface area (Å²) in [6.45, 7) is 3.60. The number of aromatic nitrogens is 4. The van der Waals surface area contributed by atoms with Crippen LogP contribution in [0, 0.1) is 5.92 Å². The predicted octanol–water partition coefficient (Wildman–Crippen LogP) is 2.42. The highest BCUT2D eigenvalue weighted by Gasteiger charge is 2.26. The van der Waals surface area contributed by atoms with Crippen LogP contribution in [0.4, 0.5) is 17.6 Å². The van der Waals surface area contributed by atoms with Gasteiger partial charge in [0, 0.05) is 42.9 Å². The van der Waals surface area contributed by atoms with Crippen molar-refractivity contribution in [1.29, 1.82) is 0 Å². The number of piperidine rings is 1. The van der Waals surface area contributed by atoms with Crippen LogP contribution < -0.4 is 10.2 Å². The molecule has 0 spiro atoms. The molecule has 1 aliphatic carbocycles. The van der Waals surface area contributed by atoms with Crippen molar-refractivity contribution >= 4 is 17.6 Å². The molecule has 7 nitrogen and oxygen atoms in total. The average Bonchev–Trinajstić information content (AvgIpc) is 3.35. The first kappa shape index (κ1) is 15.4. The summed E-state index contributed by atoms with van der Waals surface area (Å²) in [5.41, 5.74) is 1.20. The third-order valence-corrected chi connectivity index (χ3v) is 4.94. The highest BCUT2D eigenvalue weighted by atomic mass is 16.3. The highest BCUT2D eigenvalue weighted by Crippen LogP contribution is 2.39. The highest BCUT2D eigenvalue weighted by molar-refractivity contribution is 5.53. The molecular formula is C17H24N6O. The van der Waals surface area contributed by atoms with E-state index in [1.807, 2.05) is 13.0 Å². The van der Waals surface area contributed by atoms with Gasteiger partial charge >= 0.3 is 0 Å². The standard InChI is InChI=1S/C17H24N6O/c1-11(24)13-3-2-8-23(10-13)17-18-7-6-15(20-17)19-16-9-14(21-22-16)12-4-5-12/h6-7,9,11-13,24H,2-5,8,10H2,1H3,(H2,18,19,20,21,22). The Morgan fingerprint density at radius 2 is 2.21 bits per heavy atom. The van der Waals surface area contributed by atoms with Gasteiger partial charge in [-0.05, 0) is 38.7 Å². The molecule has 3 N–H and O–H groups in total. The Kier molecular flexibility index (Phi) is 4.10. The van der Waals surface area contributed by atoms with Crippen LogP contribution in [-0.4, -0.2) is 44.5 Å². The van der Waals surface area contributed by atoms with E-state index in [-0.39, 0.29) is 12.0 Å². The molecule has 0 aromatic carbocycles. The molecule has 3 heterocycles. The van der Waals surface area contributed by atoms with Crippen molar-refractivity contribution in [2.75, 3.05) is 23.3 Å². The first-order chi connectivity index (χ1) is 11.7. The second-order valence-electron chi connectivity index (χ2n) is 6.94. The molecule has 24 heavy (non-hydrogen) atoms. The Labute approximate surface area is 141 Å². The van der Waals surface area contributed by atoms with Crippen LogP contribution in [0.2, 0.25) is 0 Å². The van der Waals surface area contributed by atoms with Crippen LogP contribution in [-0.2, 0) is 0 Å². The maximum Gasteiger partial charge on any atom is 0.227 e. The summed E-state index contributed by atoms with van der Waals surface area (Å²) in [7, 11) is 0. The zero-order valence-corrected chi connectivity index (χ0v) is 13.9. The summed E-state index contributed by atoms with van der Waals surface area (Å²) in [5, 5.41) is 20.5. The number of aliphatic hydroxyl groups is 1. The van der Waals surface area contributed by atoms with Crippen molar-refractivity contribution in [2.45, 2.75) is 44.6 Å². The van der Waals surface area contributed by atoms with E-state index in [9.17, 15) is 5.11 Å². The summed E-state index contributed by atoms with van der Waals surface area (Å²) in [5.74, 6) is 3.18. The number of nitrogens with one attached hydrogen (secondary N) is 2. The van der Waals surface area contributed by atoms with Gasteiger partial charge in [0.05, 0.1) is 6.10 Å². The number of aliphatic hydroxyl groups excluding tert-OH is 1. The number of hydrogen-bond acceptors (Lipinski definition) is 6. The van der Waals surface area contributed by atoms with Gasteiger partial charge in [0.1, 0.15) is 5.82 Å². The quantitative estimate of drug-likeness (QED) is 0.781. The Hall–Kier alpha value is -2.15. The molecule has 1 saturated heterocycles.